The number of phenols is 1. The first kappa shape index (κ1) is 21.2. The number of hydrogen-bond acceptors (Lipinski definition) is 6. The van der Waals surface area contributed by atoms with Gasteiger partial charge in [0.2, 0.25) is 0 Å². The summed E-state index contributed by atoms with van der Waals surface area (Å²) in [6.45, 7) is 4.06. The van der Waals surface area contributed by atoms with Gasteiger partial charge in [-0.1, -0.05) is 18.7 Å². The number of carbonyl (C=O) groups excluding carboxylic acids is 2. The number of fused-ring (bicyclic) bond motifs is 1. The van der Waals surface area contributed by atoms with Crippen LogP contribution in [0.2, 0.25) is 0 Å². The van der Waals surface area contributed by atoms with E-state index >= 15 is 0 Å². The summed E-state index contributed by atoms with van der Waals surface area (Å²) in [7, 11) is 0. The van der Waals surface area contributed by atoms with Gasteiger partial charge in [-0.3, -0.25) is 0 Å². The number of phenolic OH excluding ortho intramolecular Hbond substituents is 1. The van der Waals surface area contributed by atoms with Crippen LogP contribution >= 0.6 is 0 Å². The fourth-order valence-electron chi connectivity index (χ4n) is 2.97. The molecule has 1 N–H and O–H groups in total. The Labute approximate surface area is 174 Å². The number of aromatic hydroxyl groups is 1. The molecule has 1 heterocycles. The Morgan fingerprint density at radius 1 is 0.933 bits per heavy atom. The number of carbonyl (C=O) groups is 2. The molecule has 3 aromatic rings. The summed E-state index contributed by atoms with van der Waals surface area (Å²) in [5.41, 5.74) is 1.91. The Balaban J connectivity index is 1.42. The van der Waals surface area contributed by atoms with E-state index in [4.69, 9.17) is 13.9 Å². The second kappa shape index (κ2) is 10.3. The largest absolute Gasteiger partial charge is 0.508 e. The van der Waals surface area contributed by atoms with Crippen molar-refractivity contribution < 1.29 is 28.6 Å². The second-order valence-corrected chi connectivity index (χ2v) is 6.83. The molecule has 156 valence electrons. The van der Waals surface area contributed by atoms with Crippen LogP contribution in [0.1, 0.15) is 36.0 Å². The van der Waals surface area contributed by atoms with E-state index in [2.05, 4.69) is 6.58 Å². The third-order valence-corrected chi connectivity index (χ3v) is 4.59. The lowest BCUT2D eigenvalue weighted by Crippen LogP contribution is -2.06. The van der Waals surface area contributed by atoms with Crippen LogP contribution in [-0.2, 0) is 14.3 Å². The first-order valence-electron chi connectivity index (χ1n) is 9.86. The third kappa shape index (κ3) is 5.73. The minimum Gasteiger partial charge on any atom is -0.508 e. The number of furan rings is 1. The predicted molar refractivity (Wildman–Crippen MR) is 113 cm³/mol. The van der Waals surface area contributed by atoms with Gasteiger partial charge in [-0.15, -0.1) is 0 Å². The maximum Gasteiger partial charge on any atom is 0.338 e. The number of rotatable bonds is 10. The Bertz CT molecular complexity index is 1020. The Hall–Kier alpha value is -3.54. The molecule has 0 fully saturated rings. The predicted octanol–water partition coefficient (Wildman–Crippen LogP) is 5.25. The minimum absolute atomic E-state index is 0.151. The lowest BCUT2D eigenvalue weighted by molar-refractivity contribution is -0.137. The number of unbranched alkanes of at least 4 members (excludes halogenated alkanes) is 3. The average molecular weight is 408 g/mol. The Kier molecular flexibility index (Phi) is 7.27. The highest BCUT2D eigenvalue weighted by molar-refractivity contribution is 5.90. The Morgan fingerprint density at radius 3 is 2.33 bits per heavy atom. The molecule has 0 aliphatic rings. The molecule has 0 radical (unpaired) electrons. The van der Waals surface area contributed by atoms with Crippen molar-refractivity contribution in [3.05, 3.63) is 66.7 Å². The fraction of sp³-hybridized carbons (Fsp3) is 0.250. The molecular formula is C24H24O6. The zero-order chi connectivity index (χ0) is 21.3. The van der Waals surface area contributed by atoms with E-state index in [0.29, 0.717) is 30.1 Å². The van der Waals surface area contributed by atoms with E-state index in [9.17, 15) is 14.7 Å². The SMILES string of the molecule is C=CC(=O)OCCCCCCOC(=O)c1ccc(-c2cc3ccc(O)cc3o2)cc1. The summed E-state index contributed by atoms with van der Waals surface area (Å²) < 4.78 is 16.0. The molecule has 0 saturated heterocycles. The molecule has 1 aromatic heterocycles. The van der Waals surface area contributed by atoms with Gasteiger partial charge in [-0.05, 0) is 56.0 Å². The highest BCUT2D eigenvalue weighted by atomic mass is 16.5. The van der Waals surface area contributed by atoms with E-state index in [1.54, 1.807) is 42.5 Å². The van der Waals surface area contributed by atoms with Gasteiger partial charge >= 0.3 is 11.9 Å². The maximum absolute atomic E-state index is 12.2. The first-order chi connectivity index (χ1) is 14.6. The van der Waals surface area contributed by atoms with E-state index in [1.165, 1.54) is 0 Å². The summed E-state index contributed by atoms with van der Waals surface area (Å²) in [5, 5.41) is 10.4. The van der Waals surface area contributed by atoms with Gasteiger partial charge in [0.05, 0.1) is 18.8 Å². The van der Waals surface area contributed by atoms with E-state index in [1.807, 2.05) is 6.07 Å². The highest BCUT2D eigenvalue weighted by Crippen LogP contribution is 2.30. The third-order valence-electron chi connectivity index (χ3n) is 4.59. The van der Waals surface area contributed by atoms with Crippen LogP contribution in [0.25, 0.3) is 22.3 Å². The normalized spacial score (nSPS) is 10.7. The van der Waals surface area contributed by atoms with Crippen LogP contribution in [0.5, 0.6) is 5.75 Å². The lowest BCUT2D eigenvalue weighted by Gasteiger charge is -2.06. The lowest BCUT2D eigenvalue weighted by atomic mass is 10.1. The topological polar surface area (TPSA) is 86.0 Å². The molecule has 0 saturated carbocycles. The first-order valence-corrected chi connectivity index (χ1v) is 9.86. The van der Waals surface area contributed by atoms with Crippen molar-refractivity contribution in [2.24, 2.45) is 0 Å². The van der Waals surface area contributed by atoms with Crippen LogP contribution < -0.4 is 0 Å². The van der Waals surface area contributed by atoms with Crippen LogP contribution in [0, 0.1) is 0 Å². The smallest absolute Gasteiger partial charge is 0.338 e. The molecule has 2 aromatic carbocycles. The monoisotopic (exact) mass is 408 g/mol. The van der Waals surface area contributed by atoms with Gasteiger partial charge in [0, 0.05) is 23.1 Å². The molecule has 30 heavy (non-hydrogen) atoms. The van der Waals surface area contributed by atoms with Crippen LogP contribution in [0.15, 0.2) is 65.6 Å². The quantitative estimate of drug-likeness (QED) is 0.280. The minimum atomic E-state index is -0.408. The van der Waals surface area contributed by atoms with Crippen molar-refractivity contribution in [2.45, 2.75) is 25.7 Å². The highest BCUT2D eigenvalue weighted by Gasteiger charge is 2.10. The molecule has 0 bridgehead atoms. The molecule has 0 unspecified atom stereocenters. The van der Waals surface area contributed by atoms with Crippen LogP contribution in [-0.4, -0.2) is 30.3 Å². The van der Waals surface area contributed by atoms with Crippen molar-refractivity contribution in [2.75, 3.05) is 13.2 Å². The second-order valence-electron chi connectivity index (χ2n) is 6.83. The summed E-state index contributed by atoms with van der Waals surface area (Å²) in [5.74, 6) is 0.0393. The van der Waals surface area contributed by atoms with Crippen molar-refractivity contribution in [1.29, 1.82) is 0 Å². The molecule has 3 rings (SSSR count). The van der Waals surface area contributed by atoms with Gasteiger partial charge in [-0.2, -0.15) is 0 Å². The van der Waals surface area contributed by atoms with Crippen molar-refractivity contribution in [3.8, 4) is 17.1 Å². The molecule has 0 atom stereocenters. The number of benzene rings is 2. The number of ether oxygens (including phenoxy) is 2. The summed E-state index contributed by atoms with van der Waals surface area (Å²) >= 11 is 0. The molecule has 0 aliphatic carbocycles. The van der Waals surface area contributed by atoms with Crippen molar-refractivity contribution in [1.82, 2.24) is 0 Å². The number of hydrogen-bond donors (Lipinski definition) is 1. The summed E-state index contributed by atoms with van der Waals surface area (Å²) in [6.07, 6.45) is 4.46. The van der Waals surface area contributed by atoms with Gasteiger partial charge in [0.1, 0.15) is 17.1 Å². The van der Waals surface area contributed by atoms with Gasteiger partial charge < -0.3 is 19.0 Å². The standard InChI is InChI=1S/C24H24O6/c1-2-23(26)28-13-5-3-4-6-14-29-24(27)18-9-7-17(8-10-18)21-15-19-11-12-20(25)16-22(19)30-21/h2,7-12,15-16,25H,1,3-6,13-14H2. The maximum atomic E-state index is 12.2. The average Bonchev–Trinajstić information content (AvgIpc) is 3.18. The van der Waals surface area contributed by atoms with Gasteiger partial charge in [0.15, 0.2) is 0 Å². The van der Waals surface area contributed by atoms with Crippen LogP contribution in [0.3, 0.4) is 0 Å². The van der Waals surface area contributed by atoms with E-state index in [0.717, 1.165) is 42.7 Å². The zero-order valence-corrected chi connectivity index (χ0v) is 16.6. The molecule has 0 spiro atoms. The summed E-state index contributed by atoms with van der Waals surface area (Å²) in [4.78, 5) is 23.1. The summed E-state index contributed by atoms with van der Waals surface area (Å²) in [6, 6.07) is 13.9. The molecular weight excluding hydrogens is 384 g/mol. The van der Waals surface area contributed by atoms with E-state index < -0.39 is 5.97 Å². The molecule has 6 heteroatoms. The Morgan fingerprint density at radius 2 is 1.63 bits per heavy atom. The number of esters is 2. The zero-order valence-electron chi connectivity index (χ0n) is 16.6. The van der Waals surface area contributed by atoms with Gasteiger partial charge in [-0.25, -0.2) is 9.59 Å². The van der Waals surface area contributed by atoms with E-state index in [-0.39, 0.29) is 11.7 Å². The molecule has 6 nitrogen and oxygen atoms in total. The van der Waals surface area contributed by atoms with Crippen molar-refractivity contribution in [3.63, 3.8) is 0 Å². The van der Waals surface area contributed by atoms with Crippen molar-refractivity contribution >= 4 is 22.9 Å². The molecule has 0 aliphatic heterocycles. The fourth-order valence-corrected chi connectivity index (χ4v) is 2.97. The molecule has 0 amide bonds. The van der Waals surface area contributed by atoms with Gasteiger partial charge in [0.25, 0.3) is 0 Å². The van der Waals surface area contributed by atoms with Crippen LogP contribution in [0.4, 0.5) is 0 Å².